The monoisotopic (exact) mass is 304 g/mol. The van der Waals surface area contributed by atoms with Gasteiger partial charge >= 0.3 is 0 Å². The third kappa shape index (κ3) is 3.53. The predicted molar refractivity (Wildman–Crippen MR) is 80.1 cm³/mol. The van der Waals surface area contributed by atoms with Gasteiger partial charge in [-0.2, -0.15) is 0 Å². The molecule has 0 aromatic rings. The van der Waals surface area contributed by atoms with Gasteiger partial charge in [-0.15, -0.1) is 0 Å². The highest BCUT2D eigenvalue weighted by Gasteiger charge is 2.44. The Balaban J connectivity index is 1.82. The SMILES string of the molecule is CN(C)S(=O)(=O)CCCN1CCC[C@]2(CCC[C@H]2O)C1. The van der Waals surface area contributed by atoms with Crippen LogP contribution in [-0.4, -0.2) is 68.3 Å². The minimum Gasteiger partial charge on any atom is -0.393 e. The summed E-state index contributed by atoms with van der Waals surface area (Å²) in [6.45, 7) is 2.80. The van der Waals surface area contributed by atoms with Gasteiger partial charge in [0.1, 0.15) is 0 Å². The summed E-state index contributed by atoms with van der Waals surface area (Å²) < 4.78 is 24.8. The van der Waals surface area contributed by atoms with Crippen molar-refractivity contribution in [3.63, 3.8) is 0 Å². The van der Waals surface area contributed by atoms with E-state index in [1.54, 1.807) is 14.1 Å². The third-order valence-corrected chi connectivity index (χ3v) is 6.90. The van der Waals surface area contributed by atoms with E-state index >= 15 is 0 Å². The van der Waals surface area contributed by atoms with Crippen LogP contribution in [0.3, 0.4) is 0 Å². The van der Waals surface area contributed by atoms with Gasteiger partial charge in [0.2, 0.25) is 10.0 Å². The van der Waals surface area contributed by atoms with Crippen molar-refractivity contribution in [2.45, 2.75) is 44.6 Å². The van der Waals surface area contributed by atoms with Gasteiger partial charge in [-0.25, -0.2) is 12.7 Å². The van der Waals surface area contributed by atoms with Crippen molar-refractivity contribution in [1.82, 2.24) is 9.21 Å². The highest BCUT2D eigenvalue weighted by Crippen LogP contribution is 2.44. The van der Waals surface area contributed by atoms with E-state index in [9.17, 15) is 13.5 Å². The molecule has 2 rings (SSSR count). The normalized spacial score (nSPS) is 32.3. The summed E-state index contributed by atoms with van der Waals surface area (Å²) >= 11 is 0. The smallest absolute Gasteiger partial charge is 0.213 e. The van der Waals surface area contributed by atoms with E-state index in [4.69, 9.17) is 0 Å². The average Bonchev–Trinajstić information content (AvgIpc) is 2.70. The zero-order valence-electron chi connectivity index (χ0n) is 12.7. The summed E-state index contributed by atoms with van der Waals surface area (Å²) in [5.41, 5.74) is 0.0959. The molecule has 0 amide bonds. The molecule has 2 atom stereocenters. The molecule has 6 heteroatoms. The molecule has 2 aliphatic rings. The molecule has 1 N–H and O–H groups in total. The van der Waals surface area contributed by atoms with Crippen LogP contribution >= 0.6 is 0 Å². The number of nitrogens with zero attached hydrogens (tertiary/aromatic N) is 2. The van der Waals surface area contributed by atoms with E-state index in [0.717, 1.165) is 51.7 Å². The number of hydrogen-bond acceptors (Lipinski definition) is 4. The molecule has 1 heterocycles. The molecule has 0 aromatic carbocycles. The highest BCUT2D eigenvalue weighted by atomic mass is 32.2. The third-order valence-electron chi connectivity index (χ3n) is 4.98. The molecule has 0 bridgehead atoms. The number of aliphatic hydroxyl groups is 1. The van der Waals surface area contributed by atoms with Gasteiger partial charge in [-0.3, -0.25) is 0 Å². The highest BCUT2D eigenvalue weighted by molar-refractivity contribution is 7.89. The predicted octanol–water partition coefficient (Wildman–Crippen LogP) is 0.895. The number of rotatable bonds is 5. The van der Waals surface area contributed by atoms with Crippen molar-refractivity contribution in [2.75, 3.05) is 39.5 Å². The van der Waals surface area contributed by atoms with Crippen molar-refractivity contribution < 1.29 is 13.5 Å². The molecule has 1 aliphatic carbocycles. The molecular formula is C14H28N2O3S. The van der Waals surface area contributed by atoms with E-state index < -0.39 is 10.0 Å². The Hall–Kier alpha value is -0.170. The van der Waals surface area contributed by atoms with Gasteiger partial charge in [0, 0.05) is 26.1 Å². The summed E-state index contributed by atoms with van der Waals surface area (Å²) in [5.74, 6) is 0.214. The molecule has 1 saturated heterocycles. The van der Waals surface area contributed by atoms with Crippen molar-refractivity contribution >= 4 is 10.0 Å². The molecule has 5 nitrogen and oxygen atoms in total. The maximum Gasteiger partial charge on any atom is 0.213 e. The van der Waals surface area contributed by atoms with Crippen LogP contribution in [0.25, 0.3) is 0 Å². The molecule has 0 unspecified atom stereocenters. The van der Waals surface area contributed by atoms with Crippen molar-refractivity contribution in [3.8, 4) is 0 Å². The number of sulfonamides is 1. The Labute approximate surface area is 123 Å². The van der Waals surface area contributed by atoms with E-state index in [1.165, 1.54) is 4.31 Å². The second-order valence-corrected chi connectivity index (χ2v) is 8.90. The van der Waals surface area contributed by atoms with Crippen LogP contribution in [0.4, 0.5) is 0 Å². The molecule has 0 aromatic heterocycles. The van der Waals surface area contributed by atoms with Crippen LogP contribution < -0.4 is 0 Å². The largest absolute Gasteiger partial charge is 0.393 e. The maximum absolute atomic E-state index is 11.7. The molecule has 118 valence electrons. The second kappa shape index (κ2) is 6.30. The van der Waals surface area contributed by atoms with Crippen LogP contribution in [0, 0.1) is 5.41 Å². The number of likely N-dealkylation sites (tertiary alicyclic amines) is 1. The lowest BCUT2D eigenvalue weighted by atomic mass is 9.76. The van der Waals surface area contributed by atoms with Gasteiger partial charge in [-0.1, -0.05) is 6.42 Å². The topological polar surface area (TPSA) is 60.9 Å². The van der Waals surface area contributed by atoms with Crippen LogP contribution in [0.5, 0.6) is 0 Å². The van der Waals surface area contributed by atoms with Crippen molar-refractivity contribution in [1.29, 1.82) is 0 Å². The van der Waals surface area contributed by atoms with Gasteiger partial charge < -0.3 is 10.0 Å². The first-order valence-corrected chi connectivity index (χ1v) is 9.27. The average molecular weight is 304 g/mol. The summed E-state index contributed by atoms with van der Waals surface area (Å²) in [7, 11) is 0.0869. The lowest BCUT2D eigenvalue weighted by Gasteiger charge is -2.42. The summed E-state index contributed by atoms with van der Waals surface area (Å²) in [4.78, 5) is 2.35. The lowest BCUT2D eigenvalue weighted by Crippen LogP contribution is -2.47. The first-order chi connectivity index (χ1) is 9.36. The molecule has 0 radical (unpaired) electrons. The summed E-state index contributed by atoms with van der Waals surface area (Å²) in [6.07, 6.45) is 5.95. The fourth-order valence-corrected chi connectivity index (χ4v) is 4.56. The standard InChI is InChI=1S/C14H28N2O3S/c1-15(2)20(18,19)11-5-10-16-9-4-8-14(12-16)7-3-6-13(14)17/h13,17H,3-12H2,1-2H3/t13-,14-/m1/s1. The fraction of sp³-hybridized carbons (Fsp3) is 1.00. The van der Waals surface area contributed by atoms with Crippen LogP contribution in [0.1, 0.15) is 38.5 Å². The Kier molecular flexibility index (Phi) is 5.10. The molecule has 1 saturated carbocycles. The number of aliphatic hydroxyl groups excluding tert-OH is 1. The van der Waals surface area contributed by atoms with Crippen LogP contribution in [-0.2, 0) is 10.0 Å². The first-order valence-electron chi connectivity index (χ1n) is 7.66. The van der Waals surface area contributed by atoms with Crippen LogP contribution in [0.15, 0.2) is 0 Å². The Morgan fingerprint density at radius 3 is 2.60 bits per heavy atom. The van der Waals surface area contributed by atoms with Gasteiger partial charge in [0.25, 0.3) is 0 Å². The van der Waals surface area contributed by atoms with E-state index in [0.29, 0.717) is 6.42 Å². The molecule has 2 fully saturated rings. The van der Waals surface area contributed by atoms with E-state index in [2.05, 4.69) is 4.90 Å². The summed E-state index contributed by atoms with van der Waals surface area (Å²) in [5, 5.41) is 10.2. The van der Waals surface area contributed by atoms with Gasteiger partial charge in [0.15, 0.2) is 0 Å². The first kappa shape index (κ1) is 16.2. The molecular weight excluding hydrogens is 276 g/mol. The van der Waals surface area contributed by atoms with Crippen molar-refractivity contribution in [3.05, 3.63) is 0 Å². The molecule has 20 heavy (non-hydrogen) atoms. The Morgan fingerprint density at radius 2 is 2.00 bits per heavy atom. The zero-order valence-corrected chi connectivity index (χ0v) is 13.5. The lowest BCUT2D eigenvalue weighted by molar-refractivity contribution is -0.00929. The Bertz CT molecular complexity index is 424. The zero-order chi connectivity index (χ0) is 14.8. The van der Waals surface area contributed by atoms with Gasteiger partial charge in [0.05, 0.1) is 11.9 Å². The minimum atomic E-state index is -3.08. The fourth-order valence-electron chi connectivity index (χ4n) is 3.70. The quantitative estimate of drug-likeness (QED) is 0.819. The molecule has 1 aliphatic heterocycles. The number of hydrogen-bond donors (Lipinski definition) is 1. The number of piperidine rings is 1. The van der Waals surface area contributed by atoms with E-state index in [1.807, 2.05) is 0 Å². The molecule has 1 spiro atoms. The van der Waals surface area contributed by atoms with Crippen LogP contribution in [0.2, 0.25) is 0 Å². The van der Waals surface area contributed by atoms with E-state index in [-0.39, 0.29) is 17.3 Å². The second-order valence-electron chi connectivity index (χ2n) is 6.60. The van der Waals surface area contributed by atoms with Gasteiger partial charge in [-0.05, 0) is 45.2 Å². The Morgan fingerprint density at radius 1 is 1.30 bits per heavy atom. The minimum absolute atomic E-state index is 0.0959. The summed E-state index contributed by atoms with van der Waals surface area (Å²) in [6, 6.07) is 0. The van der Waals surface area contributed by atoms with Crippen molar-refractivity contribution in [2.24, 2.45) is 5.41 Å². The maximum atomic E-state index is 11.7.